The van der Waals surface area contributed by atoms with Gasteiger partial charge in [-0.2, -0.15) is 0 Å². The van der Waals surface area contributed by atoms with E-state index in [4.69, 9.17) is 10.1 Å². The van der Waals surface area contributed by atoms with Gasteiger partial charge in [-0.15, -0.1) is 0 Å². The van der Waals surface area contributed by atoms with E-state index in [1.807, 2.05) is 13.8 Å². The maximum Gasteiger partial charge on any atom is 0.165 e. The van der Waals surface area contributed by atoms with Crippen molar-refractivity contribution in [2.45, 2.75) is 63.9 Å². The van der Waals surface area contributed by atoms with E-state index in [0.29, 0.717) is 25.7 Å². The zero-order valence-electron chi connectivity index (χ0n) is 18.1. The lowest BCUT2D eigenvalue weighted by molar-refractivity contribution is 0.377. The second-order valence-corrected chi connectivity index (χ2v) is 10.0. The number of halogens is 2. The van der Waals surface area contributed by atoms with Gasteiger partial charge in [0.25, 0.3) is 0 Å². The third-order valence-electron chi connectivity index (χ3n) is 4.73. The molecule has 1 aromatic carbocycles. The molecule has 0 atom stereocenters. The van der Waals surface area contributed by atoms with Gasteiger partial charge in [-0.1, -0.05) is 39.0 Å². The fourth-order valence-electron chi connectivity index (χ4n) is 2.68. The first-order valence-corrected chi connectivity index (χ1v) is 11.6. The molecule has 0 bridgehead atoms. The van der Waals surface area contributed by atoms with Crippen LogP contribution in [0, 0.1) is 11.2 Å². The van der Waals surface area contributed by atoms with Crippen molar-refractivity contribution in [1.82, 2.24) is 0 Å². The fourth-order valence-corrected chi connectivity index (χ4v) is 4.15. The molecule has 0 aliphatic carbocycles. The molecule has 1 aromatic rings. The van der Waals surface area contributed by atoms with Gasteiger partial charge in [0.05, 0.1) is 5.75 Å². The third-order valence-corrected chi connectivity index (χ3v) is 7.22. The summed E-state index contributed by atoms with van der Waals surface area (Å²) in [6, 6.07) is 3.70. The molecule has 0 radical (unpaired) electrons. The zero-order chi connectivity index (χ0) is 22.9. The van der Waals surface area contributed by atoms with Gasteiger partial charge in [-0.3, -0.25) is 0 Å². The Labute approximate surface area is 178 Å². The van der Waals surface area contributed by atoms with Crippen molar-refractivity contribution >= 4 is 15.5 Å². The van der Waals surface area contributed by atoms with Crippen molar-refractivity contribution in [3.63, 3.8) is 0 Å². The Morgan fingerprint density at radius 1 is 1.23 bits per heavy atom. The standard InChI is InChI=1S/C23H31F2NO3S/c1-6-9-12-20(25)21(10-7-2)29-18-13-14-19(24)17(15-18)16-30(27,28)23(4,5)22(26)11-8-3/h6,9,12-15,26H,1,7-8,10-11,16H2,2-5H3/b12-9-,21-20-,26-22?. The van der Waals surface area contributed by atoms with Gasteiger partial charge in [0.15, 0.2) is 15.7 Å². The molecule has 0 aromatic heterocycles. The summed E-state index contributed by atoms with van der Waals surface area (Å²) in [6.07, 6.45) is 6.02. The van der Waals surface area contributed by atoms with Crippen LogP contribution in [0.2, 0.25) is 0 Å². The highest BCUT2D eigenvalue weighted by Crippen LogP contribution is 2.29. The minimum Gasteiger partial charge on any atom is -0.459 e. The Kier molecular flexibility index (Phi) is 9.62. The van der Waals surface area contributed by atoms with Gasteiger partial charge in [-0.25, -0.2) is 17.2 Å². The molecule has 0 aliphatic heterocycles. The fraction of sp³-hybridized carbons (Fsp3) is 0.435. The van der Waals surface area contributed by atoms with Crippen LogP contribution in [0.1, 0.15) is 58.9 Å². The van der Waals surface area contributed by atoms with Crippen LogP contribution < -0.4 is 4.74 Å². The molecule has 0 saturated carbocycles. The second kappa shape index (κ2) is 11.2. The van der Waals surface area contributed by atoms with E-state index in [1.165, 1.54) is 44.2 Å². The summed E-state index contributed by atoms with van der Waals surface area (Å²) in [5, 5.41) is 8.09. The molecule has 0 saturated heterocycles. The van der Waals surface area contributed by atoms with Crippen molar-refractivity contribution in [3.8, 4) is 5.75 Å². The third kappa shape index (κ3) is 6.62. The van der Waals surface area contributed by atoms with Crippen LogP contribution in [0.25, 0.3) is 0 Å². The largest absolute Gasteiger partial charge is 0.459 e. The normalized spacial score (nSPS) is 13.3. The van der Waals surface area contributed by atoms with E-state index >= 15 is 0 Å². The Morgan fingerprint density at radius 2 is 1.87 bits per heavy atom. The lowest BCUT2D eigenvalue weighted by atomic mass is 10.0. The van der Waals surface area contributed by atoms with E-state index in [0.717, 1.165) is 6.07 Å². The maximum absolute atomic E-state index is 14.4. The number of hydrogen-bond donors (Lipinski definition) is 1. The maximum atomic E-state index is 14.4. The summed E-state index contributed by atoms with van der Waals surface area (Å²) in [6.45, 7) is 10.1. The van der Waals surface area contributed by atoms with E-state index < -0.39 is 32.0 Å². The van der Waals surface area contributed by atoms with Crippen LogP contribution in [0.3, 0.4) is 0 Å². The summed E-state index contributed by atoms with van der Waals surface area (Å²) in [5.74, 6) is -1.64. The first kappa shape index (κ1) is 25.8. The van der Waals surface area contributed by atoms with Gasteiger partial charge < -0.3 is 10.1 Å². The molecular formula is C23H31F2NO3S. The smallest absolute Gasteiger partial charge is 0.165 e. The average Bonchev–Trinajstić information content (AvgIpc) is 2.68. The molecule has 30 heavy (non-hydrogen) atoms. The molecule has 0 amide bonds. The predicted octanol–water partition coefficient (Wildman–Crippen LogP) is 6.44. The molecule has 166 valence electrons. The summed E-state index contributed by atoms with van der Waals surface area (Å²) in [7, 11) is -3.87. The first-order chi connectivity index (χ1) is 14.0. The SMILES string of the molecule is C=C/C=C\C(F)=C(/CCC)Oc1ccc(F)c(CS(=O)(=O)C(C)(C)C(=N)CCC)c1. The van der Waals surface area contributed by atoms with Crippen LogP contribution in [0.5, 0.6) is 5.75 Å². The number of sulfone groups is 1. The number of benzene rings is 1. The summed E-state index contributed by atoms with van der Waals surface area (Å²) < 4.78 is 58.7. The van der Waals surface area contributed by atoms with Gasteiger partial charge >= 0.3 is 0 Å². The van der Waals surface area contributed by atoms with Crippen molar-refractivity contribution in [1.29, 1.82) is 5.41 Å². The first-order valence-electron chi connectivity index (χ1n) is 9.94. The zero-order valence-corrected chi connectivity index (χ0v) is 18.9. The molecule has 4 nitrogen and oxygen atoms in total. The highest BCUT2D eigenvalue weighted by molar-refractivity contribution is 7.92. The monoisotopic (exact) mass is 439 g/mol. The van der Waals surface area contributed by atoms with Crippen LogP contribution in [-0.2, 0) is 15.6 Å². The van der Waals surface area contributed by atoms with Gasteiger partial charge in [0.1, 0.15) is 22.1 Å². The Bertz CT molecular complexity index is 932. The minimum absolute atomic E-state index is 0.0704. The molecule has 0 spiro atoms. The van der Waals surface area contributed by atoms with Crippen LogP contribution in [-0.4, -0.2) is 18.9 Å². The number of ether oxygens (including phenoxy) is 1. The van der Waals surface area contributed by atoms with Gasteiger partial charge in [0, 0.05) is 17.7 Å². The second-order valence-electron chi connectivity index (χ2n) is 7.47. The van der Waals surface area contributed by atoms with Gasteiger partial charge in [0.2, 0.25) is 0 Å². The predicted molar refractivity (Wildman–Crippen MR) is 119 cm³/mol. The van der Waals surface area contributed by atoms with Crippen molar-refractivity contribution < 1.29 is 21.9 Å². The lowest BCUT2D eigenvalue weighted by Gasteiger charge is -2.26. The minimum atomic E-state index is -3.87. The quantitative estimate of drug-likeness (QED) is 0.231. The van der Waals surface area contributed by atoms with E-state index in [2.05, 4.69) is 6.58 Å². The Balaban J connectivity index is 3.24. The summed E-state index contributed by atoms with van der Waals surface area (Å²) in [4.78, 5) is 0. The molecule has 7 heteroatoms. The van der Waals surface area contributed by atoms with E-state index in [1.54, 1.807) is 0 Å². The molecule has 0 heterocycles. The van der Waals surface area contributed by atoms with Crippen molar-refractivity contribution in [2.75, 3.05) is 0 Å². The molecule has 1 N–H and O–H groups in total. The average molecular weight is 440 g/mol. The topological polar surface area (TPSA) is 67.2 Å². The van der Waals surface area contributed by atoms with Crippen LogP contribution in [0.15, 0.2) is 54.6 Å². The molecule has 0 fully saturated rings. The summed E-state index contributed by atoms with van der Waals surface area (Å²) in [5.41, 5.74) is 0.00446. The molecule has 1 rings (SSSR count). The molecular weight excluding hydrogens is 408 g/mol. The van der Waals surface area contributed by atoms with E-state index in [9.17, 15) is 17.2 Å². The van der Waals surface area contributed by atoms with Crippen LogP contribution in [0.4, 0.5) is 8.78 Å². The Morgan fingerprint density at radius 3 is 2.43 bits per heavy atom. The van der Waals surface area contributed by atoms with Crippen molar-refractivity contribution in [2.24, 2.45) is 0 Å². The van der Waals surface area contributed by atoms with Crippen LogP contribution >= 0.6 is 0 Å². The number of nitrogens with one attached hydrogen (secondary N) is 1. The summed E-state index contributed by atoms with van der Waals surface area (Å²) >= 11 is 0. The molecule has 0 aliphatic rings. The van der Waals surface area contributed by atoms with Crippen molar-refractivity contribution in [3.05, 3.63) is 66.0 Å². The Hall–Kier alpha value is -2.28. The number of allylic oxidation sites excluding steroid dienone is 5. The number of hydrogen-bond acceptors (Lipinski definition) is 4. The van der Waals surface area contributed by atoms with Gasteiger partial charge in [-0.05, 0) is 51.0 Å². The highest BCUT2D eigenvalue weighted by Gasteiger charge is 2.38. The molecule has 0 unspecified atom stereocenters. The lowest BCUT2D eigenvalue weighted by Crippen LogP contribution is -2.41. The highest BCUT2D eigenvalue weighted by atomic mass is 32.2. The number of rotatable bonds is 12. The van der Waals surface area contributed by atoms with E-state index in [-0.39, 0.29) is 22.8 Å².